The molecule has 3 aromatic heterocycles. The maximum absolute atomic E-state index is 12.4. The summed E-state index contributed by atoms with van der Waals surface area (Å²) in [6.45, 7) is 0. The molecule has 0 aliphatic rings. The number of benzene rings is 2. The van der Waals surface area contributed by atoms with Crippen molar-refractivity contribution < 1.29 is 4.79 Å². The Morgan fingerprint density at radius 2 is 1.86 bits per heavy atom. The molecule has 5 aromatic rings. The second-order valence-electron chi connectivity index (χ2n) is 6.50. The Labute approximate surface area is 175 Å². The predicted octanol–water partition coefficient (Wildman–Crippen LogP) is 5.39. The number of fused-ring (bicyclic) bond motifs is 1. The van der Waals surface area contributed by atoms with E-state index in [4.69, 9.17) is 0 Å². The van der Waals surface area contributed by atoms with Crippen LogP contribution in [-0.2, 0) is 11.2 Å². The highest BCUT2D eigenvalue weighted by Gasteiger charge is 2.10. The number of nitrogens with zero attached hydrogens (tertiary/aromatic N) is 3. The number of carbonyl (C=O) groups is 1. The topological polar surface area (TPSA) is 59.8 Å². The van der Waals surface area contributed by atoms with Crippen molar-refractivity contribution in [1.82, 2.24) is 14.5 Å². The molecule has 0 saturated heterocycles. The second-order valence-corrected chi connectivity index (χ2v) is 8.30. The minimum absolute atomic E-state index is 0.0751. The van der Waals surface area contributed by atoms with Crippen molar-refractivity contribution in [3.63, 3.8) is 0 Å². The highest BCUT2D eigenvalue weighted by atomic mass is 32.1. The van der Waals surface area contributed by atoms with Crippen LogP contribution in [0.25, 0.3) is 26.6 Å². The molecule has 2 aromatic carbocycles. The number of imidazole rings is 1. The zero-order chi connectivity index (χ0) is 19.6. The summed E-state index contributed by atoms with van der Waals surface area (Å²) in [5.74, 6) is -0.0751. The fourth-order valence-corrected chi connectivity index (χ4v) is 4.78. The fraction of sp³-hybridized carbons (Fsp3) is 0.0455. The third-order valence-corrected chi connectivity index (χ3v) is 6.44. The minimum atomic E-state index is -0.0751. The van der Waals surface area contributed by atoms with E-state index < -0.39 is 0 Å². The summed E-state index contributed by atoms with van der Waals surface area (Å²) < 4.78 is 2.03. The van der Waals surface area contributed by atoms with Crippen molar-refractivity contribution in [3.8, 4) is 15.6 Å². The second kappa shape index (κ2) is 7.62. The third-order valence-electron chi connectivity index (χ3n) is 4.51. The van der Waals surface area contributed by atoms with Crippen LogP contribution in [0.15, 0.2) is 77.8 Å². The predicted molar refractivity (Wildman–Crippen MR) is 119 cm³/mol. The van der Waals surface area contributed by atoms with Gasteiger partial charge in [0.25, 0.3) is 0 Å². The molecule has 3 heterocycles. The van der Waals surface area contributed by atoms with Gasteiger partial charge in [-0.15, -0.1) is 22.7 Å². The van der Waals surface area contributed by atoms with Gasteiger partial charge >= 0.3 is 0 Å². The molecule has 5 rings (SSSR count). The molecule has 29 heavy (non-hydrogen) atoms. The Balaban J connectivity index is 1.27. The number of thiazole rings is 1. The van der Waals surface area contributed by atoms with Crippen molar-refractivity contribution in [2.45, 2.75) is 6.42 Å². The molecule has 5 nitrogen and oxygen atoms in total. The summed E-state index contributed by atoms with van der Waals surface area (Å²) in [6.07, 6.45) is 2.07. The molecule has 0 aliphatic heterocycles. The highest BCUT2D eigenvalue weighted by molar-refractivity contribution is 7.20. The number of aromatic nitrogens is 3. The number of anilines is 1. The number of amides is 1. The van der Waals surface area contributed by atoms with E-state index in [1.165, 1.54) is 0 Å². The summed E-state index contributed by atoms with van der Waals surface area (Å²) in [7, 11) is 0. The summed E-state index contributed by atoms with van der Waals surface area (Å²) >= 11 is 3.22. The van der Waals surface area contributed by atoms with Gasteiger partial charge in [-0.3, -0.25) is 9.36 Å². The van der Waals surface area contributed by atoms with Crippen molar-refractivity contribution >= 4 is 45.3 Å². The molecule has 0 saturated carbocycles. The molecular formula is C22H16N4OS2. The van der Waals surface area contributed by atoms with Crippen molar-refractivity contribution in [2.75, 3.05) is 5.32 Å². The molecule has 0 bridgehead atoms. The molecule has 0 spiro atoms. The van der Waals surface area contributed by atoms with Crippen molar-refractivity contribution in [3.05, 3.63) is 83.4 Å². The lowest BCUT2D eigenvalue weighted by molar-refractivity contribution is -0.115. The Hall–Kier alpha value is -3.29. The number of hydrogen-bond donors (Lipinski definition) is 1. The van der Waals surface area contributed by atoms with Gasteiger partial charge in [-0.1, -0.05) is 18.2 Å². The molecule has 142 valence electrons. The van der Waals surface area contributed by atoms with Gasteiger partial charge in [0.2, 0.25) is 5.91 Å². The first-order chi connectivity index (χ1) is 14.3. The molecule has 0 unspecified atom stereocenters. The van der Waals surface area contributed by atoms with Crippen LogP contribution in [0.3, 0.4) is 0 Å². The first-order valence-corrected chi connectivity index (χ1v) is 10.8. The molecular weight excluding hydrogens is 400 g/mol. The van der Waals surface area contributed by atoms with Crippen LogP contribution in [0.5, 0.6) is 0 Å². The van der Waals surface area contributed by atoms with E-state index in [1.54, 1.807) is 22.7 Å². The number of rotatable bonds is 5. The van der Waals surface area contributed by atoms with Crippen LogP contribution in [-0.4, -0.2) is 20.4 Å². The van der Waals surface area contributed by atoms with Crippen LogP contribution in [0.2, 0.25) is 0 Å². The van der Waals surface area contributed by atoms with Gasteiger partial charge in [-0.05, 0) is 47.8 Å². The molecule has 0 atom stereocenters. The third kappa shape index (κ3) is 3.70. The van der Waals surface area contributed by atoms with Gasteiger partial charge in [0.15, 0.2) is 0 Å². The Bertz CT molecular complexity index is 1270. The van der Waals surface area contributed by atoms with E-state index in [0.717, 1.165) is 38.0 Å². The van der Waals surface area contributed by atoms with E-state index in [0.29, 0.717) is 0 Å². The molecule has 7 heteroatoms. The van der Waals surface area contributed by atoms with E-state index in [9.17, 15) is 4.79 Å². The number of thiophene rings is 1. The standard InChI is InChI=1S/C22H16N4OS2/c27-21(12-16-13-29-22(25-16)20-6-3-11-28-20)24-15-7-9-17(10-8-15)26-14-23-18-4-1-2-5-19(18)26/h1-11,13-14H,12H2,(H,24,27). The van der Waals surface area contributed by atoms with E-state index >= 15 is 0 Å². The van der Waals surface area contributed by atoms with Gasteiger partial charge in [0.1, 0.15) is 11.3 Å². The normalized spacial score (nSPS) is 11.0. The fourth-order valence-electron chi connectivity index (χ4n) is 3.14. The van der Waals surface area contributed by atoms with Gasteiger partial charge in [0.05, 0.1) is 28.0 Å². The van der Waals surface area contributed by atoms with Crippen LogP contribution in [0.1, 0.15) is 5.69 Å². The van der Waals surface area contributed by atoms with E-state index in [-0.39, 0.29) is 12.3 Å². The zero-order valence-corrected chi connectivity index (χ0v) is 16.9. The SMILES string of the molecule is O=C(Cc1csc(-c2cccs2)n1)Nc1ccc(-n2cnc3ccccc32)cc1. The lowest BCUT2D eigenvalue weighted by Crippen LogP contribution is -2.14. The lowest BCUT2D eigenvalue weighted by atomic mass is 10.2. The molecule has 0 fully saturated rings. The zero-order valence-electron chi connectivity index (χ0n) is 15.3. The van der Waals surface area contributed by atoms with E-state index in [1.807, 2.05) is 82.3 Å². The summed E-state index contributed by atoms with van der Waals surface area (Å²) in [4.78, 5) is 22.5. The smallest absolute Gasteiger partial charge is 0.230 e. The Morgan fingerprint density at radius 3 is 2.69 bits per heavy atom. The number of nitrogens with one attached hydrogen (secondary N) is 1. The van der Waals surface area contributed by atoms with E-state index in [2.05, 4.69) is 15.3 Å². The van der Waals surface area contributed by atoms with Gasteiger partial charge in [-0.25, -0.2) is 9.97 Å². The largest absolute Gasteiger partial charge is 0.326 e. The van der Waals surface area contributed by atoms with Crippen molar-refractivity contribution in [2.24, 2.45) is 0 Å². The summed E-state index contributed by atoms with van der Waals surface area (Å²) in [5.41, 5.74) is 4.55. The van der Waals surface area contributed by atoms with Crippen molar-refractivity contribution in [1.29, 1.82) is 0 Å². The van der Waals surface area contributed by atoms with Crippen LogP contribution >= 0.6 is 22.7 Å². The van der Waals surface area contributed by atoms with Crippen LogP contribution in [0.4, 0.5) is 5.69 Å². The highest BCUT2D eigenvalue weighted by Crippen LogP contribution is 2.28. The molecule has 1 N–H and O–H groups in total. The lowest BCUT2D eigenvalue weighted by Gasteiger charge is -2.07. The quantitative estimate of drug-likeness (QED) is 0.418. The van der Waals surface area contributed by atoms with Gasteiger partial charge in [-0.2, -0.15) is 0 Å². The summed E-state index contributed by atoms with van der Waals surface area (Å²) in [6, 6.07) is 19.8. The maximum Gasteiger partial charge on any atom is 0.230 e. The van der Waals surface area contributed by atoms with Crippen LogP contribution in [0, 0.1) is 0 Å². The average molecular weight is 417 g/mol. The Morgan fingerprint density at radius 1 is 1.00 bits per heavy atom. The Kier molecular flexibility index (Phi) is 4.67. The average Bonchev–Trinajstić information content (AvgIpc) is 3.49. The molecule has 0 radical (unpaired) electrons. The monoisotopic (exact) mass is 416 g/mol. The minimum Gasteiger partial charge on any atom is -0.326 e. The summed E-state index contributed by atoms with van der Waals surface area (Å²) in [5, 5.41) is 7.88. The number of para-hydroxylation sites is 2. The number of hydrogen-bond acceptors (Lipinski definition) is 5. The van der Waals surface area contributed by atoms with Crippen LogP contribution < -0.4 is 5.32 Å². The van der Waals surface area contributed by atoms with Gasteiger partial charge in [0, 0.05) is 16.8 Å². The maximum atomic E-state index is 12.4. The first kappa shape index (κ1) is 17.8. The van der Waals surface area contributed by atoms with Gasteiger partial charge < -0.3 is 5.32 Å². The molecule has 1 amide bonds. The molecule has 0 aliphatic carbocycles. The number of carbonyl (C=O) groups excluding carboxylic acids is 1. The first-order valence-electron chi connectivity index (χ1n) is 9.07.